The molecule has 0 atom stereocenters. The van der Waals surface area contributed by atoms with Gasteiger partial charge in [-0.05, 0) is 18.8 Å². The molecule has 0 spiro atoms. The van der Waals surface area contributed by atoms with E-state index < -0.39 is 12.0 Å². The second kappa shape index (κ2) is 6.01. The third kappa shape index (κ3) is 3.81. The van der Waals surface area contributed by atoms with Crippen LogP contribution in [0.1, 0.15) is 19.3 Å². The van der Waals surface area contributed by atoms with Gasteiger partial charge in [0, 0.05) is 6.54 Å². The van der Waals surface area contributed by atoms with Crippen molar-refractivity contribution < 1.29 is 14.7 Å². The van der Waals surface area contributed by atoms with Gasteiger partial charge in [-0.25, -0.2) is 4.79 Å². The van der Waals surface area contributed by atoms with Crippen LogP contribution in [0.5, 0.6) is 0 Å². The molecule has 1 fully saturated rings. The van der Waals surface area contributed by atoms with Crippen molar-refractivity contribution in [2.45, 2.75) is 19.3 Å². The van der Waals surface area contributed by atoms with Crippen molar-refractivity contribution in [3.63, 3.8) is 0 Å². The van der Waals surface area contributed by atoms with Gasteiger partial charge in [-0.15, -0.1) is 6.42 Å². The lowest BCUT2D eigenvalue weighted by atomic mass is 9.85. The smallest absolute Gasteiger partial charge is 0.323 e. The summed E-state index contributed by atoms with van der Waals surface area (Å²) in [6.07, 6.45) is 8.55. The number of hydrogen-bond donors (Lipinski definition) is 2. The van der Waals surface area contributed by atoms with E-state index in [9.17, 15) is 9.59 Å². The summed E-state index contributed by atoms with van der Waals surface area (Å²) in [6, 6.07) is -0.396. The molecule has 0 aliphatic heterocycles. The first kappa shape index (κ1) is 12.4. The highest BCUT2D eigenvalue weighted by molar-refractivity contribution is 5.80. The summed E-state index contributed by atoms with van der Waals surface area (Å²) in [4.78, 5) is 23.2. The SMILES string of the molecule is C#CCN(CC(=O)O)C(=O)NCC1CCC1. The number of carboxylic acid groups (broad SMARTS) is 1. The molecule has 16 heavy (non-hydrogen) atoms. The first-order chi connectivity index (χ1) is 7.63. The summed E-state index contributed by atoms with van der Waals surface area (Å²) >= 11 is 0. The summed E-state index contributed by atoms with van der Waals surface area (Å²) in [5, 5.41) is 11.3. The van der Waals surface area contributed by atoms with Gasteiger partial charge in [-0.3, -0.25) is 4.79 Å². The molecule has 1 aliphatic rings. The molecule has 0 bridgehead atoms. The van der Waals surface area contributed by atoms with Crippen LogP contribution in [0, 0.1) is 18.3 Å². The van der Waals surface area contributed by atoms with Crippen molar-refractivity contribution >= 4 is 12.0 Å². The average molecular weight is 224 g/mol. The minimum absolute atomic E-state index is 0.0167. The zero-order valence-electron chi connectivity index (χ0n) is 9.11. The van der Waals surface area contributed by atoms with E-state index in [0.29, 0.717) is 12.5 Å². The van der Waals surface area contributed by atoms with E-state index in [-0.39, 0.29) is 13.1 Å². The first-order valence-electron chi connectivity index (χ1n) is 5.31. The molecule has 2 amide bonds. The third-order valence-corrected chi connectivity index (χ3v) is 2.66. The van der Waals surface area contributed by atoms with Crippen LogP contribution in [0.15, 0.2) is 0 Å². The Kier molecular flexibility index (Phi) is 4.65. The first-order valence-corrected chi connectivity index (χ1v) is 5.31. The van der Waals surface area contributed by atoms with E-state index in [4.69, 9.17) is 11.5 Å². The van der Waals surface area contributed by atoms with Crippen LogP contribution in [-0.2, 0) is 4.79 Å². The molecule has 0 aromatic carbocycles. The van der Waals surface area contributed by atoms with Gasteiger partial charge in [0.25, 0.3) is 0 Å². The monoisotopic (exact) mass is 224 g/mol. The lowest BCUT2D eigenvalue weighted by molar-refractivity contribution is -0.137. The van der Waals surface area contributed by atoms with Crippen molar-refractivity contribution in [1.82, 2.24) is 10.2 Å². The highest BCUT2D eigenvalue weighted by Gasteiger charge is 2.20. The molecule has 0 radical (unpaired) electrons. The third-order valence-electron chi connectivity index (χ3n) is 2.66. The molecule has 1 saturated carbocycles. The molecule has 2 N–H and O–H groups in total. The number of rotatable bonds is 5. The lowest BCUT2D eigenvalue weighted by Crippen LogP contribution is -2.45. The van der Waals surface area contributed by atoms with E-state index in [1.807, 2.05) is 0 Å². The summed E-state index contributed by atoms with van der Waals surface area (Å²) in [5.41, 5.74) is 0. The maximum atomic E-state index is 11.6. The molecule has 0 unspecified atom stereocenters. The van der Waals surface area contributed by atoms with Gasteiger partial charge in [-0.2, -0.15) is 0 Å². The molecule has 1 aliphatic carbocycles. The average Bonchev–Trinajstić information content (AvgIpc) is 2.13. The molecule has 88 valence electrons. The van der Waals surface area contributed by atoms with E-state index in [2.05, 4.69) is 11.2 Å². The second-order valence-electron chi connectivity index (χ2n) is 3.94. The van der Waals surface area contributed by atoms with Crippen molar-refractivity contribution in [3.8, 4) is 12.3 Å². The van der Waals surface area contributed by atoms with Crippen LogP contribution in [-0.4, -0.2) is 41.6 Å². The van der Waals surface area contributed by atoms with Crippen LogP contribution < -0.4 is 5.32 Å². The number of nitrogens with zero attached hydrogens (tertiary/aromatic N) is 1. The number of carbonyl (C=O) groups excluding carboxylic acids is 1. The molecular formula is C11H16N2O3. The predicted octanol–water partition coefficient (Wildman–Crippen LogP) is 0.516. The maximum absolute atomic E-state index is 11.6. The number of terminal acetylenes is 1. The fourth-order valence-corrected chi connectivity index (χ4v) is 1.51. The minimum Gasteiger partial charge on any atom is -0.480 e. The molecular weight excluding hydrogens is 208 g/mol. The molecule has 0 heterocycles. The fourth-order valence-electron chi connectivity index (χ4n) is 1.51. The zero-order chi connectivity index (χ0) is 12.0. The van der Waals surface area contributed by atoms with Crippen molar-refractivity contribution in [2.24, 2.45) is 5.92 Å². The lowest BCUT2D eigenvalue weighted by Gasteiger charge is -2.27. The van der Waals surface area contributed by atoms with Crippen molar-refractivity contribution in [2.75, 3.05) is 19.6 Å². The van der Waals surface area contributed by atoms with Crippen molar-refractivity contribution in [1.29, 1.82) is 0 Å². The Labute approximate surface area is 94.8 Å². The van der Waals surface area contributed by atoms with Gasteiger partial charge in [-0.1, -0.05) is 12.3 Å². The number of urea groups is 1. The van der Waals surface area contributed by atoms with Crippen LogP contribution in [0.4, 0.5) is 4.79 Å². The number of aliphatic carboxylic acids is 1. The molecule has 5 nitrogen and oxygen atoms in total. The number of carboxylic acids is 1. The van der Waals surface area contributed by atoms with Crippen LogP contribution >= 0.6 is 0 Å². The highest BCUT2D eigenvalue weighted by Crippen LogP contribution is 2.25. The Balaban J connectivity index is 2.33. The molecule has 1 rings (SSSR count). The molecule has 5 heteroatoms. The summed E-state index contributed by atoms with van der Waals surface area (Å²) < 4.78 is 0. The van der Waals surface area contributed by atoms with Gasteiger partial charge >= 0.3 is 12.0 Å². The van der Waals surface area contributed by atoms with Crippen molar-refractivity contribution in [3.05, 3.63) is 0 Å². The van der Waals surface area contributed by atoms with E-state index in [1.165, 1.54) is 6.42 Å². The molecule has 0 aromatic rings. The standard InChI is InChI=1S/C11H16N2O3/c1-2-6-13(8-10(14)15)11(16)12-7-9-4-3-5-9/h1,9H,3-8H2,(H,12,16)(H,14,15). The highest BCUT2D eigenvalue weighted by atomic mass is 16.4. The van der Waals surface area contributed by atoms with E-state index >= 15 is 0 Å². The van der Waals surface area contributed by atoms with Crippen LogP contribution in [0.3, 0.4) is 0 Å². The Morgan fingerprint density at radius 1 is 1.50 bits per heavy atom. The number of amides is 2. The van der Waals surface area contributed by atoms with Gasteiger partial charge in [0.1, 0.15) is 6.54 Å². The predicted molar refractivity (Wildman–Crippen MR) is 58.8 cm³/mol. The Bertz CT molecular complexity index is 305. The zero-order valence-corrected chi connectivity index (χ0v) is 9.11. The summed E-state index contributed by atoms with van der Waals surface area (Å²) in [6.45, 7) is 0.267. The second-order valence-corrected chi connectivity index (χ2v) is 3.94. The summed E-state index contributed by atoms with van der Waals surface area (Å²) in [5.74, 6) is 1.75. The van der Waals surface area contributed by atoms with Crippen LogP contribution in [0.25, 0.3) is 0 Å². The van der Waals surface area contributed by atoms with Gasteiger partial charge in [0.15, 0.2) is 0 Å². The minimum atomic E-state index is -1.06. The van der Waals surface area contributed by atoms with E-state index in [1.54, 1.807) is 0 Å². The fraction of sp³-hybridized carbons (Fsp3) is 0.636. The van der Waals surface area contributed by atoms with Crippen LogP contribution in [0.2, 0.25) is 0 Å². The van der Waals surface area contributed by atoms with E-state index in [0.717, 1.165) is 17.7 Å². The number of hydrogen-bond acceptors (Lipinski definition) is 2. The Morgan fingerprint density at radius 3 is 2.62 bits per heavy atom. The number of carbonyl (C=O) groups is 2. The molecule has 0 aromatic heterocycles. The number of nitrogens with one attached hydrogen (secondary N) is 1. The Hall–Kier alpha value is -1.70. The topological polar surface area (TPSA) is 69.6 Å². The largest absolute Gasteiger partial charge is 0.480 e. The molecule has 0 saturated heterocycles. The van der Waals surface area contributed by atoms with Gasteiger partial charge in [0.05, 0.1) is 6.54 Å². The normalized spacial score (nSPS) is 14.7. The van der Waals surface area contributed by atoms with Gasteiger partial charge < -0.3 is 15.3 Å². The maximum Gasteiger partial charge on any atom is 0.323 e. The van der Waals surface area contributed by atoms with Gasteiger partial charge in [0.2, 0.25) is 0 Å². The summed E-state index contributed by atoms with van der Waals surface area (Å²) in [7, 11) is 0. The Morgan fingerprint density at radius 2 is 2.19 bits per heavy atom. The quantitative estimate of drug-likeness (QED) is 0.669.